The van der Waals surface area contributed by atoms with Crippen LogP contribution in [0.25, 0.3) is 0 Å². The first-order valence-corrected chi connectivity index (χ1v) is 14.5. The number of amides is 5. The maximum absolute atomic E-state index is 13.3. The van der Waals surface area contributed by atoms with Crippen molar-refractivity contribution in [3.8, 4) is 5.75 Å². The Morgan fingerprint density at radius 1 is 0.851 bits per heavy atom. The molecule has 2 rings (SSSR count). The van der Waals surface area contributed by atoms with Gasteiger partial charge in [-0.1, -0.05) is 12.1 Å². The number of aromatic hydroxyl groups is 1. The standard InChI is InChI=1S/C28H40N6O13/c1-13(37)22(29)26(44)31-17(10-21(39)40)27(45)34-8-2-3-20(34)25(43)32-18(11-35)24(42)30-16(9-14-4-6-15(38)7-5-14)23(41)33-19(12-36)28(46)47/h4-7,13,16-20,22,35-38H,2-3,8-12,29H2,1H3,(H,30,42)(H,31,44)(H,32,43)(H,33,41)(H,39,40)(H,46,47)/t13-,16+,17+,18+,19+,20+,22+/m1/s1. The fraction of sp³-hybridized carbons (Fsp3) is 0.536. The van der Waals surface area contributed by atoms with Gasteiger partial charge in [-0.15, -0.1) is 0 Å². The molecule has 1 aromatic carbocycles. The Morgan fingerprint density at radius 3 is 1.94 bits per heavy atom. The average Bonchev–Trinajstić information content (AvgIpc) is 3.51. The van der Waals surface area contributed by atoms with E-state index in [0.29, 0.717) is 5.56 Å². The summed E-state index contributed by atoms with van der Waals surface area (Å²) in [6, 6.07) is -3.78. The summed E-state index contributed by atoms with van der Waals surface area (Å²) in [5.74, 6) is -8.06. The predicted octanol–water partition coefficient (Wildman–Crippen LogP) is -4.88. The molecule has 0 spiro atoms. The number of carboxylic acid groups (broad SMARTS) is 2. The van der Waals surface area contributed by atoms with Gasteiger partial charge in [0.15, 0.2) is 0 Å². The van der Waals surface area contributed by atoms with E-state index in [1.54, 1.807) is 0 Å². The highest BCUT2D eigenvalue weighted by Gasteiger charge is 2.40. The number of carboxylic acids is 2. The van der Waals surface area contributed by atoms with E-state index < -0.39 is 103 Å². The van der Waals surface area contributed by atoms with Gasteiger partial charge < -0.3 is 62.5 Å². The highest BCUT2D eigenvalue weighted by Crippen LogP contribution is 2.20. The molecule has 1 heterocycles. The molecule has 7 atom stereocenters. The van der Waals surface area contributed by atoms with Crippen LogP contribution in [-0.4, -0.2) is 139 Å². The van der Waals surface area contributed by atoms with Crippen LogP contribution >= 0.6 is 0 Å². The number of aliphatic carboxylic acids is 2. The van der Waals surface area contributed by atoms with Crippen molar-refractivity contribution in [3.05, 3.63) is 29.8 Å². The number of nitrogens with two attached hydrogens (primary N) is 1. The molecule has 0 aromatic heterocycles. The van der Waals surface area contributed by atoms with Crippen molar-refractivity contribution in [2.24, 2.45) is 5.73 Å². The van der Waals surface area contributed by atoms with Crippen LogP contribution in [0, 0.1) is 0 Å². The molecule has 19 nitrogen and oxygen atoms in total. The fourth-order valence-corrected chi connectivity index (χ4v) is 4.63. The van der Waals surface area contributed by atoms with Gasteiger partial charge in [0, 0.05) is 13.0 Å². The third kappa shape index (κ3) is 11.2. The Bertz CT molecular complexity index is 1310. The number of carbonyl (C=O) groups excluding carboxylic acids is 5. The maximum Gasteiger partial charge on any atom is 0.328 e. The number of aliphatic hydroxyl groups excluding tert-OH is 3. The summed E-state index contributed by atoms with van der Waals surface area (Å²) in [4.78, 5) is 88.8. The molecule has 19 heteroatoms. The Kier molecular flexibility index (Phi) is 14.5. The van der Waals surface area contributed by atoms with Crippen molar-refractivity contribution in [3.63, 3.8) is 0 Å². The number of hydrogen-bond acceptors (Lipinski definition) is 12. The Balaban J connectivity index is 2.21. The number of nitrogens with zero attached hydrogens (tertiary/aromatic N) is 1. The van der Waals surface area contributed by atoms with E-state index in [-0.39, 0.29) is 31.6 Å². The van der Waals surface area contributed by atoms with Crippen LogP contribution in [0.3, 0.4) is 0 Å². The summed E-state index contributed by atoms with van der Waals surface area (Å²) in [7, 11) is 0. The largest absolute Gasteiger partial charge is 0.508 e. The van der Waals surface area contributed by atoms with E-state index in [9.17, 15) is 64.2 Å². The SMILES string of the molecule is C[C@@H](O)[C@H](N)C(=O)N[C@@H](CC(=O)O)C(=O)N1CCC[C@H]1C(=O)N[C@@H](CO)C(=O)N[C@@H](Cc1ccc(O)cc1)C(=O)N[C@@H](CO)C(=O)O. The molecule has 0 aliphatic carbocycles. The summed E-state index contributed by atoms with van der Waals surface area (Å²) in [5.41, 5.74) is 6.00. The molecular weight excluding hydrogens is 628 g/mol. The summed E-state index contributed by atoms with van der Waals surface area (Å²) >= 11 is 0. The summed E-state index contributed by atoms with van der Waals surface area (Å²) < 4.78 is 0. The molecule has 1 aromatic rings. The lowest BCUT2D eigenvalue weighted by molar-refractivity contribution is -0.146. The zero-order chi connectivity index (χ0) is 35.4. The van der Waals surface area contributed by atoms with Crippen LogP contribution in [0.4, 0.5) is 0 Å². The van der Waals surface area contributed by atoms with E-state index in [0.717, 1.165) is 4.90 Å². The van der Waals surface area contributed by atoms with E-state index in [1.807, 2.05) is 0 Å². The third-order valence-electron chi connectivity index (χ3n) is 7.28. The minimum Gasteiger partial charge on any atom is -0.508 e. The Morgan fingerprint density at radius 2 is 1.40 bits per heavy atom. The van der Waals surface area contributed by atoms with E-state index in [4.69, 9.17) is 5.73 Å². The van der Waals surface area contributed by atoms with Crippen molar-refractivity contribution < 1.29 is 64.2 Å². The molecule has 0 bridgehead atoms. The summed E-state index contributed by atoms with van der Waals surface area (Å²) in [5, 5.41) is 65.7. The molecule has 260 valence electrons. The molecule has 1 aliphatic heterocycles. The molecule has 5 amide bonds. The van der Waals surface area contributed by atoms with Crippen LogP contribution < -0.4 is 27.0 Å². The van der Waals surface area contributed by atoms with E-state index in [2.05, 4.69) is 21.3 Å². The molecule has 0 unspecified atom stereocenters. The maximum atomic E-state index is 13.3. The number of phenols is 1. The first-order valence-electron chi connectivity index (χ1n) is 14.5. The lowest BCUT2D eigenvalue weighted by atomic mass is 10.0. The summed E-state index contributed by atoms with van der Waals surface area (Å²) in [6.45, 7) is -0.741. The molecule has 0 radical (unpaired) electrons. The Labute approximate surface area is 268 Å². The smallest absolute Gasteiger partial charge is 0.328 e. The molecule has 0 saturated carbocycles. The molecule has 1 fully saturated rings. The minimum atomic E-state index is -1.71. The second kappa shape index (κ2) is 17.7. The molecular formula is C28H40N6O13. The number of phenolic OH excluding ortho intramolecular Hbond substituents is 1. The van der Waals surface area contributed by atoms with E-state index in [1.165, 1.54) is 31.2 Å². The van der Waals surface area contributed by atoms with E-state index >= 15 is 0 Å². The van der Waals surface area contributed by atoms with Crippen LogP contribution in [0.5, 0.6) is 5.75 Å². The zero-order valence-electron chi connectivity index (χ0n) is 25.4. The van der Waals surface area contributed by atoms with Crippen LogP contribution in [0.2, 0.25) is 0 Å². The number of rotatable bonds is 17. The van der Waals surface area contributed by atoms with Crippen molar-refractivity contribution >= 4 is 41.5 Å². The molecule has 47 heavy (non-hydrogen) atoms. The number of nitrogens with one attached hydrogen (secondary N) is 4. The number of hydrogen-bond donors (Lipinski definition) is 11. The van der Waals surface area contributed by atoms with Crippen LogP contribution in [0.1, 0.15) is 31.7 Å². The number of aliphatic hydroxyl groups is 3. The zero-order valence-corrected chi connectivity index (χ0v) is 25.4. The lowest BCUT2D eigenvalue weighted by Crippen LogP contribution is -2.60. The highest BCUT2D eigenvalue weighted by molar-refractivity contribution is 5.97. The van der Waals surface area contributed by atoms with Crippen molar-refractivity contribution in [1.82, 2.24) is 26.2 Å². The van der Waals surface area contributed by atoms with Gasteiger partial charge in [0.2, 0.25) is 29.5 Å². The third-order valence-corrected chi connectivity index (χ3v) is 7.28. The van der Waals surface area contributed by atoms with Crippen molar-refractivity contribution in [2.45, 2.75) is 75.0 Å². The van der Waals surface area contributed by atoms with Crippen LogP contribution in [0.15, 0.2) is 24.3 Å². The monoisotopic (exact) mass is 668 g/mol. The first-order chi connectivity index (χ1) is 22.1. The number of benzene rings is 1. The van der Waals surface area contributed by atoms with Gasteiger partial charge in [-0.3, -0.25) is 28.8 Å². The highest BCUT2D eigenvalue weighted by atomic mass is 16.4. The first kappa shape index (κ1) is 38.3. The number of likely N-dealkylation sites (tertiary alicyclic amines) is 1. The molecule has 12 N–H and O–H groups in total. The fourth-order valence-electron chi connectivity index (χ4n) is 4.63. The quantitative estimate of drug-likeness (QED) is 0.0742. The topological polar surface area (TPSA) is 318 Å². The van der Waals surface area contributed by atoms with Crippen molar-refractivity contribution in [1.29, 1.82) is 0 Å². The molecule has 1 aliphatic rings. The van der Waals surface area contributed by atoms with Gasteiger partial charge in [-0.2, -0.15) is 0 Å². The van der Waals surface area contributed by atoms with Gasteiger partial charge >= 0.3 is 11.9 Å². The summed E-state index contributed by atoms with van der Waals surface area (Å²) in [6.07, 6.45) is -2.06. The second-order valence-corrected chi connectivity index (χ2v) is 10.9. The predicted molar refractivity (Wildman–Crippen MR) is 158 cm³/mol. The second-order valence-electron chi connectivity index (χ2n) is 10.9. The van der Waals surface area contributed by atoms with Gasteiger partial charge in [-0.05, 0) is 37.5 Å². The average molecular weight is 669 g/mol. The minimum absolute atomic E-state index is 0.0220. The number of carbonyl (C=O) groups is 7. The van der Waals surface area contributed by atoms with Gasteiger partial charge in [0.1, 0.15) is 42.0 Å². The Hall–Kier alpha value is -4.85. The van der Waals surface area contributed by atoms with Gasteiger partial charge in [-0.25, -0.2) is 4.79 Å². The van der Waals surface area contributed by atoms with Gasteiger partial charge in [0.05, 0.1) is 25.7 Å². The lowest BCUT2D eigenvalue weighted by Gasteiger charge is -2.30. The normalized spacial score (nSPS) is 18.1. The van der Waals surface area contributed by atoms with Crippen molar-refractivity contribution in [2.75, 3.05) is 19.8 Å². The van der Waals surface area contributed by atoms with Crippen LogP contribution in [-0.2, 0) is 40.0 Å². The van der Waals surface area contributed by atoms with Gasteiger partial charge in [0.25, 0.3) is 0 Å². The molecule has 1 saturated heterocycles.